The number of nitrogens with zero attached hydrogens (tertiary/aromatic N) is 2. The van der Waals surface area contributed by atoms with Crippen LogP contribution in [0.1, 0.15) is 22.8 Å². The molecular formula is C19H17N3O2. The van der Waals surface area contributed by atoms with Gasteiger partial charge in [-0.3, -0.25) is 9.78 Å². The first-order valence-corrected chi connectivity index (χ1v) is 7.51. The lowest BCUT2D eigenvalue weighted by Gasteiger charge is -2.10. The minimum atomic E-state index is -0.269. The molecule has 120 valence electrons. The molecular weight excluding hydrogens is 302 g/mol. The number of carbonyl (C=O) groups excluding carboxylic acids is 1. The highest BCUT2D eigenvalue weighted by molar-refractivity contribution is 6.11. The first-order chi connectivity index (χ1) is 11.7. The molecule has 0 saturated heterocycles. The Kier molecular flexibility index (Phi) is 4.52. The van der Waals surface area contributed by atoms with Crippen LogP contribution in [-0.2, 0) is 0 Å². The molecule has 0 fully saturated rings. The number of fused-ring (bicyclic) bond motifs is 1. The van der Waals surface area contributed by atoms with Gasteiger partial charge in [0, 0.05) is 28.9 Å². The zero-order valence-electron chi connectivity index (χ0n) is 13.5. The number of ether oxygens (including phenoxy) is 1. The van der Waals surface area contributed by atoms with Crippen LogP contribution in [0.4, 0.5) is 0 Å². The van der Waals surface area contributed by atoms with Gasteiger partial charge in [0.15, 0.2) is 0 Å². The number of hydrazone groups is 1. The summed E-state index contributed by atoms with van der Waals surface area (Å²) in [7, 11) is 1.65. The van der Waals surface area contributed by atoms with Crippen molar-refractivity contribution in [2.24, 2.45) is 5.10 Å². The summed E-state index contributed by atoms with van der Waals surface area (Å²) in [6.07, 6.45) is 3.14. The van der Waals surface area contributed by atoms with Gasteiger partial charge in [-0.15, -0.1) is 0 Å². The fourth-order valence-corrected chi connectivity index (χ4v) is 2.53. The van der Waals surface area contributed by atoms with Crippen LogP contribution < -0.4 is 10.2 Å². The number of aromatic nitrogens is 1. The Balaban J connectivity index is 1.91. The molecule has 1 aromatic heterocycles. The van der Waals surface area contributed by atoms with Gasteiger partial charge in [-0.25, -0.2) is 5.43 Å². The molecule has 0 atom stereocenters. The highest BCUT2D eigenvalue weighted by atomic mass is 16.5. The average molecular weight is 319 g/mol. The Morgan fingerprint density at radius 2 is 1.75 bits per heavy atom. The number of hydrogen-bond donors (Lipinski definition) is 1. The van der Waals surface area contributed by atoms with Gasteiger partial charge in [0.1, 0.15) is 5.75 Å². The molecule has 24 heavy (non-hydrogen) atoms. The van der Waals surface area contributed by atoms with E-state index in [9.17, 15) is 4.79 Å². The highest BCUT2D eigenvalue weighted by Gasteiger charge is 2.09. The lowest BCUT2D eigenvalue weighted by molar-refractivity contribution is 0.0954. The SMILES string of the molecule is COc1ccc(/C(C)=N\NC(=O)c2ccncc2)c2ccccc12. The third-order valence-electron chi connectivity index (χ3n) is 3.76. The zero-order valence-corrected chi connectivity index (χ0v) is 13.5. The number of carbonyl (C=O) groups is 1. The van der Waals surface area contributed by atoms with Crippen LogP contribution in [0.15, 0.2) is 66.0 Å². The summed E-state index contributed by atoms with van der Waals surface area (Å²) in [5.41, 5.74) is 4.76. The second kappa shape index (κ2) is 6.91. The molecule has 5 heteroatoms. The fourth-order valence-electron chi connectivity index (χ4n) is 2.53. The Bertz CT molecular complexity index is 905. The minimum absolute atomic E-state index is 0.269. The van der Waals surface area contributed by atoms with Gasteiger partial charge in [-0.1, -0.05) is 24.3 Å². The molecule has 1 N–H and O–H groups in total. The first kappa shape index (κ1) is 15.7. The summed E-state index contributed by atoms with van der Waals surface area (Å²) in [6, 6.07) is 15.1. The Morgan fingerprint density at radius 3 is 2.46 bits per heavy atom. The summed E-state index contributed by atoms with van der Waals surface area (Å²) >= 11 is 0. The van der Waals surface area contributed by atoms with Crippen molar-refractivity contribution in [3.05, 3.63) is 72.1 Å². The summed E-state index contributed by atoms with van der Waals surface area (Å²) in [6.45, 7) is 1.86. The van der Waals surface area contributed by atoms with E-state index in [-0.39, 0.29) is 5.91 Å². The number of pyridine rings is 1. The molecule has 3 aromatic rings. The molecule has 3 rings (SSSR count). The maximum Gasteiger partial charge on any atom is 0.271 e. The lowest BCUT2D eigenvalue weighted by Crippen LogP contribution is -2.19. The van der Waals surface area contributed by atoms with Crippen molar-refractivity contribution < 1.29 is 9.53 Å². The van der Waals surface area contributed by atoms with E-state index < -0.39 is 0 Å². The van der Waals surface area contributed by atoms with Gasteiger partial charge in [0.05, 0.1) is 12.8 Å². The maximum atomic E-state index is 12.1. The molecule has 0 unspecified atom stereocenters. The van der Waals surface area contributed by atoms with Crippen molar-refractivity contribution in [2.45, 2.75) is 6.92 Å². The monoisotopic (exact) mass is 319 g/mol. The Morgan fingerprint density at radius 1 is 1.04 bits per heavy atom. The van der Waals surface area contributed by atoms with Crippen LogP contribution in [0.3, 0.4) is 0 Å². The quantitative estimate of drug-likeness (QED) is 0.592. The number of amides is 1. The van der Waals surface area contributed by atoms with Crippen LogP contribution in [0.5, 0.6) is 5.75 Å². The third kappa shape index (κ3) is 3.10. The van der Waals surface area contributed by atoms with Crippen LogP contribution in [0, 0.1) is 0 Å². The smallest absolute Gasteiger partial charge is 0.271 e. The fraction of sp³-hybridized carbons (Fsp3) is 0.105. The summed E-state index contributed by atoms with van der Waals surface area (Å²) in [5, 5.41) is 6.26. The minimum Gasteiger partial charge on any atom is -0.496 e. The zero-order chi connectivity index (χ0) is 16.9. The van der Waals surface area contributed by atoms with Crippen molar-refractivity contribution in [1.82, 2.24) is 10.4 Å². The van der Waals surface area contributed by atoms with Crippen molar-refractivity contribution >= 4 is 22.4 Å². The van der Waals surface area contributed by atoms with E-state index in [4.69, 9.17) is 4.74 Å². The van der Waals surface area contributed by atoms with E-state index in [2.05, 4.69) is 15.5 Å². The van der Waals surface area contributed by atoms with Crippen molar-refractivity contribution in [3.8, 4) is 5.75 Å². The molecule has 0 spiro atoms. The van der Waals surface area contributed by atoms with Crippen LogP contribution in [-0.4, -0.2) is 23.7 Å². The first-order valence-electron chi connectivity index (χ1n) is 7.51. The molecule has 0 bridgehead atoms. The van der Waals surface area contributed by atoms with E-state index in [1.165, 1.54) is 0 Å². The molecule has 0 aliphatic rings. The summed E-state index contributed by atoms with van der Waals surface area (Å²) in [5.74, 6) is 0.539. The molecule has 2 aromatic carbocycles. The average Bonchev–Trinajstić information content (AvgIpc) is 2.65. The molecule has 1 amide bonds. The van der Waals surface area contributed by atoms with Gasteiger partial charge < -0.3 is 4.74 Å². The van der Waals surface area contributed by atoms with Crippen molar-refractivity contribution in [1.29, 1.82) is 0 Å². The molecule has 0 saturated carbocycles. The lowest BCUT2D eigenvalue weighted by atomic mass is 10.0. The molecule has 0 aliphatic carbocycles. The standard InChI is InChI=1S/C19H17N3O2/c1-13(21-22-19(23)14-9-11-20-12-10-14)15-7-8-18(24-2)17-6-4-3-5-16(15)17/h3-12H,1-2H3,(H,22,23)/b21-13-. The second-order valence-electron chi connectivity index (χ2n) is 5.23. The molecule has 0 aliphatic heterocycles. The van der Waals surface area contributed by atoms with Gasteiger partial charge in [-0.05, 0) is 36.6 Å². The van der Waals surface area contributed by atoms with E-state index >= 15 is 0 Å². The Hall–Kier alpha value is -3.21. The predicted molar refractivity (Wildman–Crippen MR) is 94.4 cm³/mol. The van der Waals surface area contributed by atoms with E-state index in [1.54, 1.807) is 31.6 Å². The molecule has 0 radical (unpaired) electrons. The number of nitrogens with one attached hydrogen (secondary N) is 1. The second-order valence-corrected chi connectivity index (χ2v) is 5.23. The van der Waals surface area contributed by atoms with E-state index in [0.717, 1.165) is 27.8 Å². The number of methoxy groups -OCH3 is 1. The highest BCUT2D eigenvalue weighted by Crippen LogP contribution is 2.28. The van der Waals surface area contributed by atoms with E-state index in [1.807, 2.05) is 43.3 Å². The largest absolute Gasteiger partial charge is 0.496 e. The van der Waals surface area contributed by atoms with Gasteiger partial charge >= 0.3 is 0 Å². The number of rotatable bonds is 4. The van der Waals surface area contributed by atoms with E-state index in [0.29, 0.717) is 5.56 Å². The van der Waals surface area contributed by atoms with Crippen molar-refractivity contribution in [3.63, 3.8) is 0 Å². The van der Waals surface area contributed by atoms with Crippen LogP contribution >= 0.6 is 0 Å². The third-order valence-corrected chi connectivity index (χ3v) is 3.76. The van der Waals surface area contributed by atoms with Gasteiger partial charge in [0.2, 0.25) is 0 Å². The predicted octanol–water partition coefficient (Wildman–Crippen LogP) is 3.40. The number of hydrogen-bond acceptors (Lipinski definition) is 4. The topological polar surface area (TPSA) is 63.6 Å². The van der Waals surface area contributed by atoms with Crippen molar-refractivity contribution in [2.75, 3.05) is 7.11 Å². The molecule has 1 heterocycles. The molecule has 5 nitrogen and oxygen atoms in total. The Labute approximate surface area is 140 Å². The normalized spacial score (nSPS) is 11.3. The van der Waals surface area contributed by atoms with Crippen LogP contribution in [0.25, 0.3) is 10.8 Å². The maximum absolute atomic E-state index is 12.1. The van der Waals surface area contributed by atoms with Gasteiger partial charge in [-0.2, -0.15) is 5.10 Å². The number of benzene rings is 2. The van der Waals surface area contributed by atoms with Gasteiger partial charge in [0.25, 0.3) is 5.91 Å². The summed E-state index contributed by atoms with van der Waals surface area (Å²) in [4.78, 5) is 16.0. The summed E-state index contributed by atoms with van der Waals surface area (Å²) < 4.78 is 5.40. The van der Waals surface area contributed by atoms with Crippen LogP contribution in [0.2, 0.25) is 0 Å².